The van der Waals surface area contributed by atoms with Crippen LogP contribution in [0.1, 0.15) is 53.3 Å². The molecule has 0 saturated heterocycles. The molecule has 0 heterocycles. The lowest BCUT2D eigenvalue weighted by Gasteiger charge is -2.07. The van der Waals surface area contributed by atoms with Crippen LogP contribution in [0.4, 0.5) is 14.5 Å². The maximum atomic E-state index is 13.1. The topological polar surface area (TPSA) is 72.5 Å². The molecule has 5 nitrogen and oxygen atoms in total. The zero-order valence-corrected chi connectivity index (χ0v) is 15.5. The van der Waals surface area contributed by atoms with E-state index in [1.807, 2.05) is 0 Å². The minimum Gasteiger partial charge on any atom is -0.454 e. The number of halogens is 2. The summed E-state index contributed by atoms with van der Waals surface area (Å²) in [4.78, 5) is 35.7. The van der Waals surface area contributed by atoms with Crippen molar-refractivity contribution in [1.29, 1.82) is 0 Å². The Kier molecular flexibility index (Phi) is 7.80. The fourth-order valence-electron chi connectivity index (χ4n) is 2.47. The Labute approximate surface area is 161 Å². The van der Waals surface area contributed by atoms with Gasteiger partial charge in [0.1, 0.15) is 11.6 Å². The average molecular weight is 389 g/mol. The third-order valence-electron chi connectivity index (χ3n) is 3.93. The second-order valence-electron chi connectivity index (χ2n) is 6.24. The van der Waals surface area contributed by atoms with Crippen molar-refractivity contribution >= 4 is 23.3 Å². The maximum absolute atomic E-state index is 13.1. The van der Waals surface area contributed by atoms with E-state index in [0.717, 1.165) is 31.4 Å². The highest BCUT2D eigenvalue weighted by Crippen LogP contribution is 2.13. The van der Waals surface area contributed by atoms with Gasteiger partial charge in [0.25, 0.3) is 0 Å². The number of unbranched alkanes of at least 4 members (excludes halogenated alkanes) is 2. The summed E-state index contributed by atoms with van der Waals surface area (Å²) in [7, 11) is 0. The SMILES string of the molecule is CCCCCC(=O)Nc1ccc(C(=O)COC(=O)c2cc(F)cc(F)c2)cc1. The Morgan fingerprint density at radius 3 is 2.18 bits per heavy atom. The second kappa shape index (κ2) is 10.3. The zero-order valence-electron chi connectivity index (χ0n) is 15.5. The highest BCUT2D eigenvalue weighted by molar-refractivity contribution is 6.00. The van der Waals surface area contributed by atoms with E-state index in [9.17, 15) is 23.2 Å². The van der Waals surface area contributed by atoms with Gasteiger partial charge in [-0.05, 0) is 42.8 Å². The molecule has 0 bridgehead atoms. The van der Waals surface area contributed by atoms with Gasteiger partial charge < -0.3 is 10.1 Å². The zero-order chi connectivity index (χ0) is 20.5. The minimum absolute atomic E-state index is 0.0937. The lowest BCUT2D eigenvalue weighted by molar-refractivity contribution is -0.116. The lowest BCUT2D eigenvalue weighted by atomic mass is 10.1. The van der Waals surface area contributed by atoms with Gasteiger partial charge in [0, 0.05) is 23.7 Å². The second-order valence-corrected chi connectivity index (χ2v) is 6.24. The van der Waals surface area contributed by atoms with Crippen LogP contribution in [0.5, 0.6) is 0 Å². The Hall–Kier alpha value is -3.09. The number of nitrogens with one attached hydrogen (secondary N) is 1. The monoisotopic (exact) mass is 389 g/mol. The summed E-state index contributed by atoms with van der Waals surface area (Å²) in [5, 5.41) is 2.74. The molecular weight excluding hydrogens is 368 g/mol. The van der Waals surface area contributed by atoms with E-state index in [1.165, 1.54) is 12.1 Å². The van der Waals surface area contributed by atoms with Crippen molar-refractivity contribution in [1.82, 2.24) is 0 Å². The van der Waals surface area contributed by atoms with Crippen molar-refractivity contribution in [3.63, 3.8) is 0 Å². The van der Waals surface area contributed by atoms with E-state index in [4.69, 9.17) is 4.74 Å². The first-order valence-corrected chi connectivity index (χ1v) is 8.95. The molecule has 0 aliphatic carbocycles. The van der Waals surface area contributed by atoms with Gasteiger partial charge in [-0.25, -0.2) is 13.6 Å². The van der Waals surface area contributed by atoms with Crippen LogP contribution < -0.4 is 5.32 Å². The molecule has 2 aromatic rings. The van der Waals surface area contributed by atoms with E-state index >= 15 is 0 Å². The van der Waals surface area contributed by atoms with Crippen LogP contribution in [0, 0.1) is 11.6 Å². The number of hydrogen-bond acceptors (Lipinski definition) is 4. The van der Waals surface area contributed by atoms with Gasteiger partial charge >= 0.3 is 5.97 Å². The third-order valence-corrected chi connectivity index (χ3v) is 3.93. The number of ketones is 1. The van der Waals surface area contributed by atoms with Crippen LogP contribution in [0.2, 0.25) is 0 Å². The number of benzene rings is 2. The van der Waals surface area contributed by atoms with Crippen molar-refractivity contribution in [3.8, 4) is 0 Å². The Bertz CT molecular complexity index is 830. The van der Waals surface area contributed by atoms with Crippen LogP contribution in [-0.2, 0) is 9.53 Å². The van der Waals surface area contributed by atoms with Gasteiger partial charge in [-0.1, -0.05) is 19.8 Å². The molecule has 0 radical (unpaired) electrons. The van der Waals surface area contributed by atoms with E-state index in [1.54, 1.807) is 12.1 Å². The molecule has 1 amide bonds. The molecule has 2 rings (SSSR count). The molecule has 148 valence electrons. The van der Waals surface area contributed by atoms with Gasteiger partial charge in [0.05, 0.1) is 5.56 Å². The lowest BCUT2D eigenvalue weighted by Crippen LogP contribution is -2.15. The largest absolute Gasteiger partial charge is 0.454 e. The fraction of sp³-hybridized carbons (Fsp3) is 0.286. The standard InChI is InChI=1S/C21H21F2NO4/c1-2-3-4-5-20(26)24-18-8-6-14(7-9-18)19(25)13-28-21(27)15-10-16(22)12-17(23)11-15/h6-12H,2-5,13H2,1H3,(H,24,26). The number of amides is 1. The number of anilines is 1. The Balaban J connectivity index is 1.87. The van der Waals surface area contributed by atoms with E-state index in [0.29, 0.717) is 18.2 Å². The molecule has 2 aromatic carbocycles. The van der Waals surface area contributed by atoms with Crippen LogP contribution in [0.15, 0.2) is 42.5 Å². The quantitative estimate of drug-likeness (QED) is 0.389. The van der Waals surface area contributed by atoms with Gasteiger partial charge in [0.2, 0.25) is 5.91 Å². The summed E-state index contributed by atoms with van der Waals surface area (Å²) in [5.41, 5.74) is 0.527. The van der Waals surface area contributed by atoms with Crippen molar-refractivity contribution in [2.75, 3.05) is 11.9 Å². The van der Waals surface area contributed by atoms with Gasteiger partial charge in [0.15, 0.2) is 12.4 Å². The fourth-order valence-corrected chi connectivity index (χ4v) is 2.47. The first-order valence-electron chi connectivity index (χ1n) is 8.95. The predicted molar refractivity (Wildman–Crippen MR) is 100 cm³/mol. The number of rotatable bonds is 9. The summed E-state index contributed by atoms with van der Waals surface area (Å²) < 4.78 is 31.1. The summed E-state index contributed by atoms with van der Waals surface area (Å²) >= 11 is 0. The molecule has 0 unspecified atom stereocenters. The Morgan fingerprint density at radius 1 is 0.929 bits per heavy atom. The molecule has 0 fully saturated rings. The third kappa shape index (κ3) is 6.57. The van der Waals surface area contributed by atoms with Crippen LogP contribution in [0.3, 0.4) is 0 Å². The molecule has 28 heavy (non-hydrogen) atoms. The molecule has 7 heteroatoms. The summed E-state index contributed by atoms with van der Waals surface area (Å²) in [5.74, 6) is -3.39. The van der Waals surface area contributed by atoms with E-state index in [2.05, 4.69) is 12.2 Å². The molecule has 0 aliphatic rings. The molecular formula is C21H21F2NO4. The number of ether oxygens (including phenoxy) is 1. The highest BCUT2D eigenvalue weighted by Gasteiger charge is 2.14. The first-order chi connectivity index (χ1) is 13.4. The number of hydrogen-bond donors (Lipinski definition) is 1. The van der Waals surface area contributed by atoms with Crippen LogP contribution in [0.25, 0.3) is 0 Å². The predicted octanol–water partition coefficient (Wildman–Crippen LogP) is 4.52. The molecule has 0 aliphatic heterocycles. The van der Waals surface area contributed by atoms with Crippen LogP contribution >= 0.6 is 0 Å². The smallest absolute Gasteiger partial charge is 0.338 e. The number of carbonyl (C=O) groups excluding carboxylic acids is 3. The van der Waals surface area contributed by atoms with Crippen molar-refractivity contribution in [3.05, 3.63) is 65.2 Å². The van der Waals surface area contributed by atoms with E-state index in [-0.39, 0.29) is 17.0 Å². The molecule has 0 atom stereocenters. The van der Waals surface area contributed by atoms with Crippen molar-refractivity contribution in [2.24, 2.45) is 0 Å². The molecule has 0 spiro atoms. The van der Waals surface area contributed by atoms with Crippen molar-refractivity contribution < 1.29 is 27.9 Å². The van der Waals surface area contributed by atoms with E-state index < -0.39 is 30.0 Å². The van der Waals surface area contributed by atoms with Gasteiger partial charge in [-0.3, -0.25) is 9.59 Å². The summed E-state index contributed by atoms with van der Waals surface area (Å²) in [6.45, 7) is 1.49. The summed E-state index contributed by atoms with van der Waals surface area (Å²) in [6, 6.07) is 8.44. The average Bonchev–Trinajstić information content (AvgIpc) is 2.66. The minimum atomic E-state index is -0.997. The van der Waals surface area contributed by atoms with Crippen LogP contribution in [-0.4, -0.2) is 24.3 Å². The maximum Gasteiger partial charge on any atom is 0.338 e. The number of carbonyl (C=O) groups is 3. The number of Topliss-reactive ketones (excluding diaryl/α,β-unsaturated/α-hetero) is 1. The molecule has 1 N–H and O–H groups in total. The highest BCUT2D eigenvalue weighted by atomic mass is 19.1. The number of esters is 1. The molecule has 0 aromatic heterocycles. The van der Waals surface area contributed by atoms with Crippen molar-refractivity contribution in [2.45, 2.75) is 32.6 Å². The molecule has 0 saturated carbocycles. The Morgan fingerprint density at radius 2 is 1.57 bits per heavy atom. The normalized spacial score (nSPS) is 10.4. The van der Waals surface area contributed by atoms with Gasteiger partial charge in [-0.15, -0.1) is 0 Å². The first kappa shape index (κ1) is 21.2. The summed E-state index contributed by atoms with van der Waals surface area (Å²) in [6.07, 6.45) is 3.27. The van der Waals surface area contributed by atoms with Gasteiger partial charge in [-0.2, -0.15) is 0 Å².